The molecule has 0 saturated heterocycles. The van der Waals surface area contributed by atoms with Crippen LogP contribution in [0.3, 0.4) is 0 Å². The van der Waals surface area contributed by atoms with E-state index in [1.54, 1.807) is 0 Å². The zero-order valence-electron chi connectivity index (χ0n) is 10.5. The molecule has 2 nitrogen and oxygen atoms in total. The van der Waals surface area contributed by atoms with E-state index in [1.165, 1.54) is 21.9 Å². The van der Waals surface area contributed by atoms with Crippen molar-refractivity contribution in [3.63, 3.8) is 0 Å². The molecular weight excluding hydrogens is 208 g/mol. The molecule has 2 aromatic carbocycles. The fourth-order valence-corrected chi connectivity index (χ4v) is 2.07. The molecule has 90 valence electrons. The van der Waals surface area contributed by atoms with Crippen LogP contribution in [0.2, 0.25) is 0 Å². The van der Waals surface area contributed by atoms with Gasteiger partial charge < -0.3 is 11.5 Å². The average molecular weight is 228 g/mol. The van der Waals surface area contributed by atoms with Crippen LogP contribution in [-0.2, 0) is 0 Å². The highest BCUT2D eigenvalue weighted by Gasteiger charge is 2.13. The molecule has 0 radical (unpaired) electrons. The van der Waals surface area contributed by atoms with Crippen LogP contribution in [-0.4, -0.2) is 6.54 Å². The first-order valence-corrected chi connectivity index (χ1v) is 6.08. The van der Waals surface area contributed by atoms with Gasteiger partial charge in [-0.3, -0.25) is 0 Å². The van der Waals surface area contributed by atoms with Crippen molar-refractivity contribution in [3.8, 4) is 0 Å². The van der Waals surface area contributed by atoms with E-state index in [4.69, 9.17) is 11.5 Å². The Morgan fingerprint density at radius 2 is 1.71 bits per heavy atom. The molecule has 0 spiro atoms. The molecule has 4 N–H and O–H groups in total. The van der Waals surface area contributed by atoms with Crippen molar-refractivity contribution in [2.45, 2.75) is 19.9 Å². The maximum Gasteiger partial charge on any atom is 0.0333 e. The Hall–Kier alpha value is -1.38. The molecule has 0 fully saturated rings. The van der Waals surface area contributed by atoms with Gasteiger partial charge in [0.2, 0.25) is 0 Å². The second kappa shape index (κ2) is 4.86. The number of nitrogens with two attached hydrogens (primary N) is 2. The lowest BCUT2D eigenvalue weighted by Crippen LogP contribution is -2.25. The third-order valence-electron chi connectivity index (χ3n) is 3.39. The predicted molar refractivity (Wildman–Crippen MR) is 73.8 cm³/mol. The first-order chi connectivity index (χ1) is 8.11. The summed E-state index contributed by atoms with van der Waals surface area (Å²) in [4.78, 5) is 0. The van der Waals surface area contributed by atoms with Crippen molar-refractivity contribution in [3.05, 3.63) is 47.5 Å². The molecule has 0 amide bonds. The summed E-state index contributed by atoms with van der Waals surface area (Å²) >= 11 is 0. The zero-order valence-corrected chi connectivity index (χ0v) is 10.5. The summed E-state index contributed by atoms with van der Waals surface area (Å²) in [6.07, 6.45) is 0. The van der Waals surface area contributed by atoms with Crippen LogP contribution in [0, 0.1) is 12.8 Å². The van der Waals surface area contributed by atoms with Crippen LogP contribution in [0.25, 0.3) is 10.8 Å². The molecule has 17 heavy (non-hydrogen) atoms. The van der Waals surface area contributed by atoms with Crippen LogP contribution >= 0.6 is 0 Å². The molecule has 2 aromatic rings. The Morgan fingerprint density at radius 1 is 1.06 bits per heavy atom. The van der Waals surface area contributed by atoms with E-state index < -0.39 is 0 Å². The van der Waals surface area contributed by atoms with Crippen molar-refractivity contribution in [2.24, 2.45) is 17.4 Å². The number of hydrogen-bond donors (Lipinski definition) is 2. The number of hydrogen-bond acceptors (Lipinski definition) is 2. The average Bonchev–Trinajstić information content (AvgIpc) is 2.36. The largest absolute Gasteiger partial charge is 0.330 e. The van der Waals surface area contributed by atoms with Crippen molar-refractivity contribution < 1.29 is 0 Å². The smallest absolute Gasteiger partial charge is 0.0333 e. The van der Waals surface area contributed by atoms with Crippen LogP contribution in [0.15, 0.2) is 36.4 Å². The lowest BCUT2D eigenvalue weighted by molar-refractivity contribution is 0.481. The van der Waals surface area contributed by atoms with E-state index in [0.717, 1.165) is 0 Å². The molecule has 0 saturated carbocycles. The van der Waals surface area contributed by atoms with Crippen molar-refractivity contribution in [2.75, 3.05) is 6.54 Å². The van der Waals surface area contributed by atoms with Gasteiger partial charge in [-0.1, -0.05) is 42.8 Å². The van der Waals surface area contributed by atoms with Gasteiger partial charge in [0, 0.05) is 6.04 Å². The van der Waals surface area contributed by atoms with Gasteiger partial charge >= 0.3 is 0 Å². The summed E-state index contributed by atoms with van der Waals surface area (Å²) < 4.78 is 0. The highest BCUT2D eigenvalue weighted by molar-refractivity contribution is 5.83. The fraction of sp³-hybridized carbons (Fsp3) is 0.333. The molecule has 0 heterocycles. The molecule has 0 aliphatic carbocycles. The molecule has 2 heteroatoms. The number of benzene rings is 2. The second-order valence-corrected chi connectivity index (χ2v) is 4.85. The Labute approximate surface area is 103 Å². The van der Waals surface area contributed by atoms with Gasteiger partial charge in [0.05, 0.1) is 0 Å². The Bertz CT molecular complexity index is 519. The summed E-state index contributed by atoms with van der Waals surface area (Å²) in [5.41, 5.74) is 14.3. The quantitative estimate of drug-likeness (QED) is 0.848. The summed E-state index contributed by atoms with van der Waals surface area (Å²) in [6.45, 7) is 4.81. The van der Waals surface area contributed by atoms with E-state index in [1.807, 2.05) is 0 Å². The standard InChI is InChI=1S/C15H20N2/c1-10-3-4-13-8-14(6-5-12(13)7-10)15(17)11(2)9-16/h3-8,11,15H,9,16-17H2,1-2H3. The zero-order chi connectivity index (χ0) is 12.4. The Kier molecular flexibility index (Phi) is 3.46. The van der Waals surface area contributed by atoms with Crippen LogP contribution in [0.5, 0.6) is 0 Å². The summed E-state index contributed by atoms with van der Waals surface area (Å²) in [6, 6.07) is 12.9. The minimum absolute atomic E-state index is 0.0192. The molecule has 2 unspecified atom stereocenters. The third-order valence-corrected chi connectivity index (χ3v) is 3.39. The molecule has 0 aromatic heterocycles. The molecule has 0 bridgehead atoms. The lowest BCUT2D eigenvalue weighted by Gasteiger charge is -2.19. The van der Waals surface area contributed by atoms with Gasteiger partial charge in [0.1, 0.15) is 0 Å². The minimum Gasteiger partial charge on any atom is -0.330 e. The van der Waals surface area contributed by atoms with Gasteiger partial charge in [-0.25, -0.2) is 0 Å². The van der Waals surface area contributed by atoms with Crippen molar-refractivity contribution in [1.82, 2.24) is 0 Å². The lowest BCUT2D eigenvalue weighted by atomic mass is 9.93. The molecule has 0 aliphatic rings. The SMILES string of the molecule is Cc1ccc2cc(C(N)C(C)CN)ccc2c1. The minimum atomic E-state index is 0.0192. The summed E-state index contributed by atoms with van der Waals surface area (Å²) in [5, 5.41) is 2.51. The van der Waals surface area contributed by atoms with Gasteiger partial charge in [-0.2, -0.15) is 0 Å². The van der Waals surface area contributed by atoms with Gasteiger partial charge in [-0.05, 0) is 41.8 Å². The van der Waals surface area contributed by atoms with Crippen LogP contribution in [0.4, 0.5) is 0 Å². The highest BCUT2D eigenvalue weighted by atomic mass is 14.7. The van der Waals surface area contributed by atoms with Crippen molar-refractivity contribution in [1.29, 1.82) is 0 Å². The van der Waals surface area contributed by atoms with Crippen LogP contribution in [0.1, 0.15) is 24.1 Å². The molecule has 0 aliphatic heterocycles. The summed E-state index contributed by atoms with van der Waals surface area (Å²) in [7, 11) is 0. The van der Waals surface area contributed by atoms with Crippen LogP contribution < -0.4 is 11.5 Å². The number of rotatable bonds is 3. The monoisotopic (exact) mass is 228 g/mol. The second-order valence-electron chi connectivity index (χ2n) is 4.85. The summed E-state index contributed by atoms with van der Waals surface area (Å²) in [5.74, 6) is 0.304. The van der Waals surface area contributed by atoms with Gasteiger partial charge in [0.15, 0.2) is 0 Å². The van der Waals surface area contributed by atoms with E-state index in [-0.39, 0.29) is 6.04 Å². The van der Waals surface area contributed by atoms with Gasteiger partial charge in [0.25, 0.3) is 0 Å². The topological polar surface area (TPSA) is 52.0 Å². The predicted octanol–water partition coefficient (Wildman–Crippen LogP) is 2.74. The number of aryl methyl sites for hydroxylation is 1. The molecule has 2 atom stereocenters. The maximum atomic E-state index is 6.19. The van der Waals surface area contributed by atoms with E-state index >= 15 is 0 Å². The molecule has 2 rings (SSSR count). The number of fused-ring (bicyclic) bond motifs is 1. The first-order valence-electron chi connectivity index (χ1n) is 6.08. The highest BCUT2D eigenvalue weighted by Crippen LogP contribution is 2.24. The molecular formula is C15H20N2. The fourth-order valence-electron chi connectivity index (χ4n) is 2.07. The third kappa shape index (κ3) is 2.48. The maximum absolute atomic E-state index is 6.19. The van der Waals surface area contributed by atoms with E-state index in [0.29, 0.717) is 12.5 Å². The Balaban J connectivity index is 2.41. The van der Waals surface area contributed by atoms with E-state index in [9.17, 15) is 0 Å². The van der Waals surface area contributed by atoms with Crippen molar-refractivity contribution >= 4 is 10.8 Å². The first kappa shape index (κ1) is 12.1. The van der Waals surface area contributed by atoms with Gasteiger partial charge in [-0.15, -0.1) is 0 Å². The normalized spacial score (nSPS) is 14.8. The Morgan fingerprint density at radius 3 is 2.41 bits per heavy atom. The van der Waals surface area contributed by atoms with E-state index in [2.05, 4.69) is 50.2 Å².